The molecule has 0 aromatic heterocycles. The van der Waals surface area contributed by atoms with Crippen LogP contribution in [0.1, 0.15) is 12.8 Å². The number of alkyl halides is 1. The number of rotatable bonds is 0. The van der Waals surface area contributed by atoms with Crippen LogP contribution < -0.4 is 0 Å². The van der Waals surface area contributed by atoms with E-state index in [1.165, 1.54) is 32.6 Å². The fourth-order valence-corrected chi connectivity index (χ4v) is 3.65. The number of hydrogen-bond donors (Lipinski definition) is 0. The van der Waals surface area contributed by atoms with Crippen LogP contribution in [0.15, 0.2) is 0 Å². The Labute approximate surface area is 176 Å². The molecule has 0 amide bonds. The summed E-state index contributed by atoms with van der Waals surface area (Å²) < 4.78 is 0. The van der Waals surface area contributed by atoms with Crippen LogP contribution in [0.25, 0.3) is 0 Å². The molecule has 0 N–H and O–H groups in total. The Morgan fingerprint density at radius 2 is 1.12 bits per heavy atom. The summed E-state index contributed by atoms with van der Waals surface area (Å²) in [5.74, 6) is 0. The van der Waals surface area contributed by atoms with Gasteiger partial charge in [0.25, 0.3) is 0 Å². The summed E-state index contributed by atoms with van der Waals surface area (Å²) in [4.78, 5) is 12.5. The Hall–Kier alpha value is 0.899. The second kappa shape index (κ2) is 14.0. The van der Waals surface area contributed by atoms with Gasteiger partial charge in [-0.25, -0.2) is 0 Å². The van der Waals surface area contributed by atoms with Gasteiger partial charge in [-0.1, -0.05) is 0 Å². The summed E-state index contributed by atoms with van der Waals surface area (Å²) >= 11 is 6.75. The topological polar surface area (TPSA) is 16.2 Å². The normalized spacial score (nSPS) is 32.4. The van der Waals surface area contributed by atoms with Crippen molar-refractivity contribution in [2.24, 2.45) is 0 Å². The maximum Gasteiger partial charge on any atom is 0.0863 e. The van der Waals surface area contributed by atoms with Crippen molar-refractivity contribution >= 4 is 24.0 Å². The minimum atomic E-state index is 0. The van der Waals surface area contributed by atoms with E-state index in [1.54, 1.807) is 0 Å². The Bertz CT molecular complexity index is 338. The van der Waals surface area contributed by atoms with Gasteiger partial charge in [-0.2, -0.15) is 0 Å². The SMILES string of the molecule is CN1CCC(Cl)N2CCN(C)CCCN(CC1)CCN(C)CC2.Cl.[Mn]. The zero-order valence-electron chi connectivity index (χ0n) is 16.2. The molecule has 2 bridgehead atoms. The number of fused-ring (bicyclic) bond motifs is 6. The summed E-state index contributed by atoms with van der Waals surface area (Å²) in [6, 6.07) is 0. The van der Waals surface area contributed by atoms with E-state index in [4.69, 9.17) is 11.6 Å². The molecule has 8 heteroatoms. The molecule has 2 heterocycles. The van der Waals surface area contributed by atoms with Gasteiger partial charge in [0.05, 0.1) is 5.50 Å². The van der Waals surface area contributed by atoms with Crippen molar-refractivity contribution in [2.45, 2.75) is 18.3 Å². The molecule has 151 valence electrons. The molecule has 0 aliphatic carbocycles. The minimum Gasteiger partial charge on any atom is -0.305 e. The predicted octanol–water partition coefficient (Wildman–Crippen LogP) is 1.18. The zero-order chi connectivity index (χ0) is 16.7. The summed E-state index contributed by atoms with van der Waals surface area (Å²) in [6.45, 7) is 12.5. The van der Waals surface area contributed by atoms with E-state index in [0.29, 0.717) is 0 Å². The van der Waals surface area contributed by atoms with E-state index >= 15 is 0 Å². The Morgan fingerprint density at radius 3 is 1.72 bits per heavy atom. The van der Waals surface area contributed by atoms with Crippen molar-refractivity contribution in [1.29, 1.82) is 0 Å². The second-order valence-corrected chi connectivity index (χ2v) is 7.87. The maximum atomic E-state index is 6.75. The van der Waals surface area contributed by atoms with Crippen LogP contribution in [0.4, 0.5) is 0 Å². The molecule has 1 radical (unpaired) electrons. The largest absolute Gasteiger partial charge is 0.305 e. The fraction of sp³-hybridized carbons (Fsp3) is 1.00. The molecule has 0 aromatic rings. The molecule has 2 saturated heterocycles. The average molecular weight is 437 g/mol. The van der Waals surface area contributed by atoms with Crippen LogP contribution in [0.2, 0.25) is 0 Å². The summed E-state index contributed by atoms with van der Waals surface area (Å²) in [5, 5.41) is 0. The predicted molar refractivity (Wildman–Crippen MR) is 107 cm³/mol. The van der Waals surface area contributed by atoms with Gasteiger partial charge in [0.1, 0.15) is 0 Å². The molecule has 25 heavy (non-hydrogen) atoms. The Balaban J connectivity index is 0.00000288. The molecule has 5 nitrogen and oxygen atoms in total. The number of nitrogens with zero attached hydrogens (tertiary/aromatic N) is 5. The van der Waals surface area contributed by atoms with Crippen molar-refractivity contribution < 1.29 is 17.1 Å². The standard InChI is InChI=1S/C17H36ClN5.ClH.Mn/c1-19-6-4-7-22-13-9-20(2)8-5-17(18)23(15-11-19)16-12-21(3)10-14-22;;/h17H,4-16H2,1-3H3;1H;. The first kappa shape index (κ1) is 25.9. The van der Waals surface area contributed by atoms with Gasteiger partial charge in [-0.3, -0.25) is 4.90 Å². The van der Waals surface area contributed by atoms with Gasteiger partial charge in [0.15, 0.2) is 0 Å². The molecule has 2 aliphatic rings. The monoisotopic (exact) mass is 436 g/mol. The number of likely N-dealkylation sites (N-methyl/N-ethyl adjacent to an activating group) is 3. The second-order valence-electron chi connectivity index (χ2n) is 7.36. The molecule has 3 unspecified atom stereocenters. The first-order valence-electron chi connectivity index (χ1n) is 9.20. The first-order chi connectivity index (χ1) is 11.0. The van der Waals surface area contributed by atoms with Gasteiger partial charge in [0.2, 0.25) is 0 Å². The zero-order valence-corrected chi connectivity index (χ0v) is 18.9. The van der Waals surface area contributed by atoms with Gasteiger partial charge in [-0.05, 0) is 47.1 Å². The molecule has 2 aliphatic heterocycles. The van der Waals surface area contributed by atoms with Crippen molar-refractivity contribution in [3.63, 3.8) is 0 Å². The fourth-order valence-electron chi connectivity index (χ4n) is 3.36. The molecular weight excluding hydrogens is 400 g/mol. The van der Waals surface area contributed by atoms with E-state index in [9.17, 15) is 0 Å². The minimum absolute atomic E-state index is 0. The smallest absolute Gasteiger partial charge is 0.0863 e. The van der Waals surface area contributed by atoms with Crippen LogP contribution >= 0.6 is 24.0 Å². The van der Waals surface area contributed by atoms with Gasteiger partial charge in [-0.15, -0.1) is 24.0 Å². The molecular formula is C17H37Cl2MnN5. The summed E-state index contributed by atoms with van der Waals surface area (Å²) in [5.41, 5.74) is 0.152. The van der Waals surface area contributed by atoms with Gasteiger partial charge < -0.3 is 19.6 Å². The van der Waals surface area contributed by atoms with Crippen molar-refractivity contribution in [3.8, 4) is 0 Å². The van der Waals surface area contributed by atoms with Crippen molar-refractivity contribution in [1.82, 2.24) is 24.5 Å². The quantitative estimate of drug-likeness (QED) is 0.244. The molecule has 3 atom stereocenters. The van der Waals surface area contributed by atoms with Crippen LogP contribution in [0.5, 0.6) is 0 Å². The summed E-state index contributed by atoms with van der Waals surface area (Å²) in [7, 11) is 6.73. The molecule has 2 rings (SSSR count). The van der Waals surface area contributed by atoms with Crippen LogP contribution in [-0.4, -0.2) is 123 Å². The molecule has 2 fully saturated rings. The van der Waals surface area contributed by atoms with Crippen LogP contribution in [-0.2, 0) is 17.1 Å². The van der Waals surface area contributed by atoms with Crippen LogP contribution in [0, 0.1) is 0 Å². The van der Waals surface area contributed by atoms with Crippen molar-refractivity contribution in [2.75, 3.05) is 93.1 Å². The summed E-state index contributed by atoms with van der Waals surface area (Å²) in [6.07, 6.45) is 2.31. The van der Waals surface area contributed by atoms with E-state index < -0.39 is 0 Å². The van der Waals surface area contributed by atoms with Crippen LogP contribution in [0.3, 0.4) is 0 Å². The third-order valence-corrected chi connectivity index (χ3v) is 5.79. The van der Waals surface area contributed by atoms with Crippen molar-refractivity contribution in [3.05, 3.63) is 0 Å². The number of halogens is 2. The third kappa shape index (κ3) is 10.1. The Morgan fingerprint density at radius 1 is 0.640 bits per heavy atom. The first-order valence-corrected chi connectivity index (χ1v) is 9.64. The molecule has 0 saturated carbocycles. The number of hydrogen-bond acceptors (Lipinski definition) is 5. The Kier molecular flexibility index (Phi) is 14.5. The van der Waals surface area contributed by atoms with Gasteiger partial charge in [0, 0.05) is 76.0 Å². The average Bonchev–Trinajstić information content (AvgIpc) is 2.54. The molecule has 0 spiro atoms. The van der Waals surface area contributed by atoms with E-state index in [0.717, 1.165) is 52.2 Å². The molecule has 0 aromatic carbocycles. The van der Waals surface area contributed by atoms with E-state index in [1.807, 2.05) is 0 Å². The van der Waals surface area contributed by atoms with Gasteiger partial charge >= 0.3 is 0 Å². The third-order valence-electron chi connectivity index (χ3n) is 5.29. The van der Waals surface area contributed by atoms with E-state index in [2.05, 4.69) is 45.6 Å². The maximum absolute atomic E-state index is 6.75. The van der Waals surface area contributed by atoms with E-state index in [-0.39, 0.29) is 35.0 Å².